The molecule has 0 spiro atoms. The van der Waals surface area contributed by atoms with Crippen LogP contribution in [-0.4, -0.2) is 32.1 Å². The first-order chi connectivity index (χ1) is 5.39. The van der Waals surface area contributed by atoms with E-state index < -0.39 is 15.9 Å². The molecule has 0 saturated heterocycles. The van der Waals surface area contributed by atoms with Crippen molar-refractivity contribution in [2.45, 2.75) is 24.2 Å². The van der Waals surface area contributed by atoms with Crippen LogP contribution in [-0.2, 0) is 14.6 Å². The van der Waals surface area contributed by atoms with E-state index in [1.165, 1.54) is 6.26 Å². The fraction of sp³-hybridized carbons (Fsp3) is 0.833. The van der Waals surface area contributed by atoms with Crippen LogP contribution in [0.1, 0.15) is 12.8 Å². The third-order valence-electron chi connectivity index (χ3n) is 1.94. The first-order valence-corrected chi connectivity index (χ1v) is 5.50. The molecule has 0 aromatic rings. The Morgan fingerprint density at radius 3 is 2.33 bits per heavy atom. The van der Waals surface area contributed by atoms with E-state index >= 15 is 0 Å². The Kier molecular flexibility index (Phi) is 2.27. The summed E-state index contributed by atoms with van der Waals surface area (Å²) >= 11 is 0. The summed E-state index contributed by atoms with van der Waals surface area (Å²) in [5.41, 5.74) is 4.75. The summed E-state index contributed by atoms with van der Waals surface area (Å²) in [6.45, 7) is 0. The second kappa shape index (κ2) is 2.93. The molecule has 12 heavy (non-hydrogen) atoms. The van der Waals surface area contributed by atoms with Crippen LogP contribution in [0.25, 0.3) is 0 Å². The van der Waals surface area contributed by atoms with Crippen LogP contribution >= 0.6 is 0 Å². The number of hydrogen-bond donors (Lipinski definition) is 1. The number of carbonyl (C=O) groups is 1. The van der Waals surface area contributed by atoms with Gasteiger partial charge in [0.1, 0.15) is 6.10 Å². The minimum Gasteiger partial charge on any atom is -0.446 e. The summed E-state index contributed by atoms with van der Waals surface area (Å²) in [5.74, 6) is 0. The number of rotatable bonds is 2. The Morgan fingerprint density at radius 1 is 1.50 bits per heavy atom. The molecular formula is C6H11NO4S. The molecule has 0 aromatic carbocycles. The van der Waals surface area contributed by atoms with Gasteiger partial charge in [-0.15, -0.1) is 0 Å². The molecule has 5 nitrogen and oxygen atoms in total. The van der Waals surface area contributed by atoms with Crippen LogP contribution in [0.5, 0.6) is 0 Å². The van der Waals surface area contributed by atoms with Gasteiger partial charge in [-0.1, -0.05) is 0 Å². The summed E-state index contributed by atoms with van der Waals surface area (Å²) in [5, 5.41) is -0.359. The predicted molar refractivity (Wildman–Crippen MR) is 42.3 cm³/mol. The van der Waals surface area contributed by atoms with Crippen molar-refractivity contribution in [1.29, 1.82) is 0 Å². The number of ether oxygens (including phenoxy) is 1. The summed E-state index contributed by atoms with van der Waals surface area (Å²) in [6.07, 6.45) is 0.788. The molecule has 1 aliphatic carbocycles. The molecule has 0 aromatic heterocycles. The third-order valence-corrected chi connectivity index (χ3v) is 3.54. The number of primary amides is 1. The molecule has 1 aliphatic rings. The fourth-order valence-corrected chi connectivity index (χ4v) is 2.26. The summed E-state index contributed by atoms with van der Waals surface area (Å²) in [4.78, 5) is 10.2. The van der Waals surface area contributed by atoms with Gasteiger partial charge >= 0.3 is 6.09 Å². The molecule has 6 heteroatoms. The number of amides is 1. The van der Waals surface area contributed by atoms with Gasteiger partial charge in [0, 0.05) is 19.1 Å². The molecule has 0 aliphatic heterocycles. The number of hydrogen-bond acceptors (Lipinski definition) is 4. The van der Waals surface area contributed by atoms with Crippen molar-refractivity contribution in [3.05, 3.63) is 0 Å². The van der Waals surface area contributed by atoms with E-state index in [-0.39, 0.29) is 11.4 Å². The maximum Gasteiger partial charge on any atom is 0.404 e. The molecule has 0 heterocycles. The maximum atomic E-state index is 10.9. The summed E-state index contributed by atoms with van der Waals surface area (Å²) in [6, 6.07) is 0. The van der Waals surface area contributed by atoms with Gasteiger partial charge in [0.15, 0.2) is 9.84 Å². The van der Waals surface area contributed by atoms with Crippen LogP contribution in [0.15, 0.2) is 0 Å². The smallest absolute Gasteiger partial charge is 0.404 e. The van der Waals surface area contributed by atoms with Gasteiger partial charge in [-0.25, -0.2) is 13.2 Å². The largest absolute Gasteiger partial charge is 0.446 e. The first kappa shape index (κ1) is 9.31. The second-order valence-corrected chi connectivity index (χ2v) is 5.31. The average molecular weight is 193 g/mol. The van der Waals surface area contributed by atoms with E-state index in [1.54, 1.807) is 0 Å². The predicted octanol–water partition coefficient (Wildman–Crippen LogP) is -0.343. The number of carbonyl (C=O) groups excluding carboxylic acids is 1. The monoisotopic (exact) mass is 193 g/mol. The normalized spacial score (nSPS) is 29.1. The highest BCUT2D eigenvalue weighted by atomic mass is 32.2. The second-order valence-electron chi connectivity index (χ2n) is 2.98. The van der Waals surface area contributed by atoms with Gasteiger partial charge < -0.3 is 10.5 Å². The van der Waals surface area contributed by atoms with Crippen molar-refractivity contribution in [3.63, 3.8) is 0 Å². The lowest BCUT2D eigenvalue weighted by Crippen LogP contribution is -2.42. The minimum absolute atomic E-state index is 0.303. The Hall–Kier alpha value is -0.780. The van der Waals surface area contributed by atoms with Gasteiger partial charge in [-0.3, -0.25) is 0 Å². The lowest BCUT2D eigenvalue weighted by molar-refractivity contribution is 0.0612. The molecule has 2 N–H and O–H groups in total. The third kappa shape index (κ3) is 2.10. The molecule has 1 rings (SSSR count). The average Bonchev–Trinajstić information content (AvgIpc) is 1.73. The van der Waals surface area contributed by atoms with Crippen molar-refractivity contribution in [2.24, 2.45) is 5.73 Å². The standard InChI is InChI=1S/C6H11NO4S/c1-12(9,10)5-2-4(3-5)11-6(7)8/h4-5H,2-3H2,1H3,(H2,7,8). The Bertz CT molecular complexity index is 278. The number of sulfone groups is 1. The van der Waals surface area contributed by atoms with Crippen molar-refractivity contribution in [3.8, 4) is 0 Å². The van der Waals surface area contributed by atoms with Crippen molar-refractivity contribution >= 4 is 15.9 Å². The summed E-state index contributed by atoms with van der Waals surface area (Å²) in [7, 11) is -2.97. The lowest BCUT2D eigenvalue weighted by atomic mass is 9.95. The van der Waals surface area contributed by atoms with Crippen molar-refractivity contribution < 1.29 is 17.9 Å². The highest BCUT2D eigenvalue weighted by Crippen LogP contribution is 2.28. The quantitative estimate of drug-likeness (QED) is 0.649. The van der Waals surface area contributed by atoms with E-state index in [0.717, 1.165) is 0 Å². The van der Waals surface area contributed by atoms with E-state index in [1.807, 2.05) is 0 Å². The van der Waals surface area contributed by atoms with E-state index in [4.69, 9.17) is 5.73 Å². The Balaban J connectivity index is 2.34. The van der Waals surface area contributed by atoms with Crippen LogP contribution in [0.3, 0.4) is 0 Å². The van der Waals surface area contributed by atoms with E-state index in [2.05, 4.69) is 4.74 Å². The van der Waals surface area contributed by atoms with Crippen LogP contribution in [0, 0.1) is 0 Å². The zero-order valence-corrected chi connectivity index (χ0v) is 7.50. The highest BCUT2D eigenvalue weighted by molar-refractivity contribution is 7.91. The van der Waals surface area contributed by atoms with Crippen LogP contribution < -0.4 is 5.73 Å². The van der Waals surface area contributed by atoms with Gasteiger partial charge in [-0.2, -0.15) is 0 Å². The molecular weight excluding hydrogens is 182 g/mol. The molecule has 0 unspecified atom stereocenters. The number of nitrogens with two attached hydrogens (primary N) is 1. The minimum atomic E-state index is -2.97. The zero-order chi connectivity index (χ0) is 9.35. The molecule has 1 fully saturated rings. The molecule has 0 atom stereocenters. The highest BCUT2D eigenvalue weighted by Gasteiger charge is 2.38. The Labute approximate surface area is 70.8 Å². The van der Waals surface area contributed by atoms with Crippen molar-refractivity contribution in [1.82, 2.24) is 0 Å². The molecule has 1 amide bonds. The van der Waals surface area contributed by atoms with Gasteiger partial charge in [0.2, 0.25) is 0 Å². The SMILES string of the molecule is CS(=O)(=O)C1CC(OC(N)=O)C1. The topological polar surface area (TPSA) is 86.5 Å². The van der Waals surface area contributed by atoms with Crippen molar-refractivity contribution in [2.75, 3.05) is 6.26 Å². The molecule has 1 saturated carbocycles. The van der Waals surface area contributed by atoms with E-state index in [9.17, 15) is 13.2 Å². The fourth-order valence-electron chi connectivity index (χ4n) is 1.13. The van der Waals surface area contributed by atoms with Gasteiger partial charge in [0.05, 0.1) is 5.25 Å². The Morgan fingerprint density at radius 2 is 2.00 bits per heavy atom. The van der Waals surface area contributed by atoms with Gasteiger partial charge in [-0.05, 0) is 0 Å². The van der Waals surface area contributed by atoms with Gasteiger partial charge in [0.25, 0.3) is 0 Å². The maximum absolute atomic E-state index is 10.9. The molecule has 0 radical (unpaired) electrons. The van der Waals surface area contributed by atoms with Crippen LogP contribution in [0.2, 0.25) is 0 Å². The lowest BCUT2D eigenvalue weighted by Gasteiger charge is -2.32. The zero-order valence-electron chi connectivity index (χ0n) is 6.69. The first-order valence-electron chi connectivity index (χ1n) is 3.54. The summed E-state index contributed by atoms with van der Waals surface area (Å²) < 4.78 is 26.3. The van der Waals surface area contributed by atoms with E-state index in [0.29, 0.717) is 12.8 Å². The van der Waals surface area contributed by atoms with Crippen LogP contribution in [0.4, 0.5) is 4.79 Å². The molecule has 0 bridgehead atoms. The molecule has 70 valence electrons.